The number of nitrogens with two attached hydrogens (primary N) is 1. The van der Waals surface area contributed by atoms with E-state index < -0.39 is 32.5 Å². The van der Waals surface area contributed by atoms with Gasteiger partial charge in [0.2, 0.25) is 26.0 Å². The van der Waals surface area contributed by atoms with Gasteiger partial charge in [0.1, 0.15) is 4.90 Å². The van der Waals surface area contributed by atoms with Crippen molar-refractivity contribution in [2.75, 3.05) is 25.0 Å². The summed E-state index contributed by atoms with van der Waals surface area (Å²) in [6.07, 6.45) is 0.467. The second kappa shape index (κ2) is 9.94. The number of benzene rings is 2. The molecule has 0 unspecified atom stereocenters. The monoisotopic (exact) mass is 440 g/mol. The van der Waals surface area contributed by atoms with Crippen LogP contribution in [0.4, 0.5) is 5.69 Å². The van der Waals surface area contributed by atoms with Crippen molar-refractivity contribution in [2.45, 2.75) is 23.1 Å². The zero-order valence-corrected chi connectivity index (χ0v) is 17.5. The summed E-state index contributed by atoms with van der Waals surface area (Å²) in [5.41, 5.74) is 6.31. The van der Waals surface area contributed by atoms with Crippen LogP contribution in [0.5, 0.6) is 0 Å². The predicted molar refractivity (Wildman–Crippen MR) is 110 cm³/mol. The summed E-state index contributed by atoms with van der Waals surface area (Å²) in [4.78, 5) is 12.1. The van der Waals surface area contributed by atoms with E-state index in [1.54, 1.807) is 18.2 Å². The number of aryl methyl sites for hydroxylation is 1. The van der Waals surface area contributed by atoms with E-state index >= 15 is 0 Å². The number of anilines is 1. The molecule has 0 atom stereocenters. The van der Waals surface area contributed by atoms with Gasteiger partial charge in [0.25, 0.3) is 0 Å². The first-order valence-corrected chi connectivity index (χ1v) is 11.8. The third kappa shape index (κ3) is 6.61. The van der Waals surface area contributed by atoms with E-state index in [4.69, 9.17) is 5.73 Å². The molecule has 0 aliphatic heterocycles. The first kappa shape index (κ1) is 23.0. The molecule has 158 valence electrons. The standard InChI is InChI=1S/C18H24N4O5S2/c1-14-7-9-15(10-8-14)28(24,25)21-13-18(23)22-16-5-2-3-6-17(16)29(26,27)20-12-4-11-19/h2-3,5-10,20-21H,4,11-13,19H2,1H3,(H,22,23). The molecule has 0 spiro atoms. The fourth-order valence-electron chi connectivity index (χ4n) is 2.35. The molecule has 0 aliphatic carbocycles. The third-order valence-electron chi connectivity index (χ3n) is 3.88. The lowest BCUT2D eigenvalue weighted by Gasteiger charge is -2.13. The van der Waals surface area contributed by atoms with Gasteiger partial charge in [-0.1, -0.05) is 29.8 Å². The molecule has 9 nitrogen and oxygen atoms in total. The van der Waals surface area contributed by atoms with Gasteiger partial charge >= 0.3 is 0 Å². The van der Waals surface area contributed by atoms with Crippen LogP contribution in [0, 0.1) is 6.92 Å². The molecule has 0 saturated heterocycles. The minimum absolute atomic E-state index is 0.0305. The zero-order valence-electron chi connectivity index (χ0n) is 15.9. The number of para-hydroxylation sites is 1. The minimum atomic E-state index is -3.87. The lowest BCUT2D eigenvalue weighted by Crippen LogP contribution is -2.33. The predicted octanol–water partition coefficient (Wildman–Crippen LogP) is 0.539. The van der Waals surface area contributed by atoms with Crippen molar-refractivity contribution in [1.29, 1.82) is 0 Å². The summed E-state index contributed by atoms with van der Waals surface area (Å²) in [7, 11) is -7.73. The number of amides is 1. The largest absolute Gasteiger partial charge is 0.330 e. The van der Waals surface area contributed by atoms with Gasteiger partial charge in [-0.05, 0) is 44.2 Å². The van der Waals surface area contributed by atoms with Gasteiger partial charge in [-0.25, -0.2) is 26.3 Å². The average molecular weight is 441 g/mol. The van der Waals surface area contributed by atoms with E-state index in [0.717, 1.165) is 5.56 Å². The Labute approximate surface area is 170 Å². The van der Waals surface area contributed by atoms with Crippen LogP contribution in [0.2, 0.25) is 0 Å². The van der Waals surface area contributed by atoms with E-state index in [0.29, 0.717) is 13.0 Å². The Hall–Kier alpha value is -2.31. The average Bonchev–Trinajstić information content (AvgIpc) is 2.67. The van der Waals surface area contributed by atoms with Gasteiger partial charge in [-0.3, -0.25) is 4.79 Å². The molecule has 0 heterocycles. The van der Waals surface area contributed by atoms with Crippen molar-refractivity contribution >= 4 is 31.6 Å². The molecule has 2 aromatic carbocycles. The SMILES string of the molecule is Cc1ccc(S(=O)(=O)NCC(=O)Nc2ccccc2S(=O)(=O)NCCCN)cc1. The Bertz CT molecular complexity index is 1050. The first-order chi connectivity index (χ1) is 13.7. The summed E-state index contributed by atoms with van der Waals surface area (Å²) in [6.45, 7) is 1.78. The fourth-order valence-corrected chi connectivity index (χ4v) is 4.56. The van der Waals surface area contributed by atoms with Crippen molar-refractivity contribution < 1.29 is 21.6 Å². The van der Waals surface area contributed by atoms with Crippen LogP contribution in [-0.2, 0) is 24.8 Å². The Morgan fingerprint density at radius 1 is 0.931 bits per heavy atom. The first-order valence-electron chi connectivity index (χ1n) is 8.80. The second-order valence-electron chi connectivity index (χ2n) is 6.22. The molecule has 1 amide bonds. The number of rotatable bonds is 10. The molecular weight excluding hydrogens is 416 g/mol. The number of carbonyl (C=O) groups is 1. The van der Waals surface area contributed by atoms with Crippen molar-refractivity contribution in [3.05, 3.63) is 54.1 Å². The van der Waals surface area contributed by atoms with Crippen LogP contribution < -0.4 is 20.5 Å². The fraction of sp³-hybridized carbons (Fsp3) is 0.278. The molecule has 0 aromatic heterocycles. The van der Waals surface area contributed by atoms with Crippen molar-refractivity contribution in [3.8, 4) is 0 Å². The van der Waals surface area contributed by atoms with Crippen LogP contribution in [0.15, 0.2) is 58.3 Å². The smallest absolute Gasteiger partial charge is 0.242 e. The molecule has 0 aliphatic rings. The topological polar surface area (TPSA) is 147 Å². The molecule has 2 rings (SSSR count). The van der Waals surface area contributed by atoms with E-state index in [-0.39, 0.29) is 22.0 Å². The van der Waals surface area contributed by atoms with E-state index in [2.05, 4.69) is 14.8 Å². The normalized spacial score (nSPS) is 11.9. The summed E-state index contributed by atoms with van der Waals surface area (Å²) < 4.78 is 54.0. The van der Waals surface area contributed by atoms with Gasteiger partial charge in [-0.15, -0.1) is 0 Å². The summed E-state index contributed by atoms with van der Waals surface area (Å²) in [5.74, 6) is -0.703. The quantitative estimate of drug-likeness (QED) is 0.396. The molecule has 2 aromatic rings. The molecule has 0 radical (unpaired) electrons. The number of hydrogen-bond donors (Lipinski definition) is 4. The van der Waals surface area contributed by atoms with Crippen LogP contribution >= 0.6 is 0 Å². The molecule has 5 N–H and O–H groups in total. The highest BCUT2D eigenvalue weighted by atomic mass is 32.2. The maximum Gasteiger partial charge on any atom is 0.242 e. The van der Waals surface area contributed by atoms with Crippen LogP contribution in [-0.4, -0.2) is 42.4 Å². The lowest BCUT2D eigenvalue weighted by atomic mass is 10.2. The summed E-state index contributed by atoms with van der Waals surface area (Å²) >= 11 is 0. The Morgan fingerprint density at radius 2 is 1.59 bits per heavy atom. The molecule has 11 heteroatoms. The zero-order chi connectivity index (χ0) is 21.5. The van der Waals surface area contributed by atoms with Crippen molar-refractivity contribution in [1.82, 2.24) is 9.44 Å². The molecular formula is C18H24N4O5S2. The Morgan fingerprint density at radius 3 is 2.24 bits per heavy atom. The third-order valence-corrected chi connectivity index (χ3v) is 6.81. The number of carbonyl (C=O) groups excluding carboxylic acids is 1. The Kier molecular flexibility index (Phi) is 7.88. The highest BCUT2D eigenvalue weighted by Crippen LogP contribution is 2.20. The Balaban J connectivity index is 2.07. The lowest BCUT2D eigenvalue weighted by molar-refractivity contribution is -0.115. The molecule has 0 fully saturated rings. The molecule has 0 saturated carbocycles. The maximum atomic E-state index is 12.4. The number of hydrogen-bond acceptors (Lipinski definition) is 6. The van der Waals surface area contributed by atoms with Crippen LogP contribution in [0.25, 0.3) is 0 Å². The van der Waals surface area contributed by atoms with Gasteiger partial charge < -0.3 is 11.1 Å². The number of nitrogens with one attached hydrogen (secondary N) is 3. The second-order valence-corrected chi connectivity index (χ2v) is 9.72. The van der Waals surface area contributed by atoms with E-state index in [9.17, 15) is 21.6 Å². The summed E-state index contributed by atoms with van der Waals surface area (Å²) in [5, 5.41) is 2.43. The maximum absolute atomic E-state index is 12.4. The van der Waals surface area contributed by atoms with Crippen molar-refractivity contribution in [3.63, 3.8) is 0 Å². The van der Waals surface area contributed by atoms with Gasteiger partial charge in [-0.2, -0.15) is 0 Å². The van der Waals surface area contributed by atoms with E-state index in [1.165, 1.54) is 30.3 Å². The van der Waals surface area contributed by atoms with Gasteiger partial charge in [0.15, 0.2) is 0 Å². The minimum Gasteiger partial charge on any atom is -0.330 e. The van der Waals surface area contributed by atoms with Crippen LogP contribution in [0.1, 0.15) is 12.0 Å². The van der Waals surface area contributed by atoms with Crippen LogP contribution in [0.3, 0.4) is 0 Å². The summed E-state index contributed by atoms with van der Waals surface area (Å²) in [6, 6.07) is 12.0. The number of sulfonamides is 2. The highest BCUT2D eigenvalue weighted by molar-refractivity contribution is 7.90. The van der Waals surface area contributed by atoms with Crippen molar-refractivity contribution in [2.24, 2.45) is 5.73 Å². The van der Waals surface area contributed by atoms with Gasteiger partial charge in [0.05, 0.1) is 17.1 Å². The van der Waals surface area contributed by atoms with Gasteiger partial charge in [0, 0.05) is 6.54 Å². The molecule has 29 heavy (non-hydrogen) atoms. The highest BCUT2D eigenvalue weighted by Gasteiger charge is 2.20. The molecule has 0 bridgehead atoms. The van der Waals surface area contributed by atoms with E-state index in [1.807, 2.05) is 6.92 Å².